The van der Waals surface area contributed by atoms with Crippen LogP contribution >= 0.6 is 0 Å². The van der Waals surface area contributed by atoms with Crippen molar-refractivity contribution in [1.82, 2.24) is 10.2 Å². The molecule has 0 aromatic carbocycles. The fourth-order valence-electron chi connectivity index (χ4n) is 2.77. The molecule has 0 saturated carbocycles. The number of carbonyl (C=O) groups excluding carboxylic acids is 1. The molecule has 9 heteroatoms. The molecule has 9 nitrogen and oxygen atoms in total. The minimum Gasteiger partial charge on any atom is -0.490 e. The van der Waals surface area contributed by atoms with Gasteiger partial charge in [0.2, 0.25) is 0 Å². The molecule has 1 heterocycles. The molecular weight excluding hydrogens is 352 g/mol. The summed E-state index contributed by atoms with van der Waals surface area (Å²) in [6, 6.07) is 0.115. The SMILES string of the molecule is COC1=CC(=N)/C(=C\NC2CCN(C(=O)OC(C)(C)C)CC2)C=C1[N+](=O)[O-]. The molecular formula is C18H26N4O5. The highest BCUT2D eigenvalue weighted by molar-refractivity contribution is 6.10. The Balaban J connectivity index is 1.94. The van der Waals surface area contributed by atoms with Crippen LogP contribution in [0.2, 0.25) is 0 Å². The third-order valence-electron chi connectivity index (χ3n) is 4.17. The number of nitrogens with zero attached hydrogens (tertiary/aromatic N) is 2. The number of nitrogens with one attached hydrogen (secondary N) is 2. The van der Waals surface area contributed by atoms with Crippen LogP contribution < -0.4 is 5.32 Å². The van der Waals surface area contributed by atoms with Gasteiger partial charge >= 0.3 is 11.8 Å². The number of methoxy groups -OCH3 is 1. The van der Waals surface area contributed by atoms with Gasteiger partial charge in [0.1, 0.15) is 5.60 Å². The van der Waals surface area contributed by atoms with Gasteiger partial charge in [-0.15, -0.1) is 0 Å². The van der Waals surface area contributed by atoms with E-state index in [1.807, 2.05) is 20.8 Å². The van der Waals surface area contributed by atoms with Crippen LogP contribution in [0.5, 0.6) is 0 Å². The molecule has 1 aliphatic carbocycles. The van der Waals surface area contributed by atoms with Crippen LogP contribution in [0.1, 0.15) is 33.6 Å². The summed E-state index contributed by atoms with van der Waals surface area (Å²) < 4.78 is 10.3. The van der Waals surface area contributed by atoms with Gasteiger partial charge in [-0.3, -0.25) is 10.1 Å². The Morgan fingerprint density at radius 3 is 2.52 bits per heavy atom. The predicted molar refractivity (Wildman–Crippen MR) is 99.9 cm³/mol. The molecule has 0 bridgehead atoms. The van der Waals surface area contributed by atoms with Gasteiger partial charge in [0.05, 0.1) is 17.7 Å². The van der Waals surface area contributed by atoms with Crippen LogP contribution in [0.4, 0.5) is 4.79 Å². The topological polar surface area (TPSA) is 118 Å². The predicted octanol–water partition coefficient (Wildman–Crippen LogP) is 2.58. The summed E-state index contributed by atoms with van der Waals surface area (Å²) in [7, 11) is 1.34. The normalized spacial score (nSPS) is 20.1. The summed E-state index contributed by atoms with van der Waals surface area (Å²) in [6.45, 7) is 6.63. The fourth-order valence-corrected chi connectivity index (χ4v) is 2.77. The molecule has 148 valence electrons. The zero-order valence-corrected chi connectivity index (χ0v) is 16.1. The van der Waals surface area contributed by atoms with E-state index in [1.54, 1.807) is 11.1 Å². The molecule has 2 rings (SSSR count). The highest BCUT2D eigenvalue weighted by Gasteiger charge is 2.28. The number of hydrogen-bond donors (Lipinski definition) is 2. The molecule has 0 atom stereocenters. The van der Waals surface area contributed by atoms with Crippen molar-refractivity contribution in [1.29, 1.82) is 5.41 Å². The second-order valence-corrected chi connectivity index (χ2v) is 7.42. The quantitative estimate of drug-likeness (QED) is 0.573. The molecule has 0 radical (unpaired) electrons. The summed E-state index contributed by atoms with van der Waals surface area (Å²) in [5.41, 5.74) is -0.150. The first-order valence-corrected chi connectivity index (χ1v) is 8.76. The van der Waals surface area contributed by atoms with Crippen molar-refractivity contribution in [3.8, 4) is 0 Å². The Labute approximate surface area is 158 Å². The maximum absolute atomic E-state index is 12.1. The molecule has 1 amide bonds. The van der Waals surface area contributed by atoms with E-state index in [0.717, 1.165) is 12.8 Å². The minimum absolute atomic E-state index is 0.0628. The number of carbonyl (C=O) groups is 1. The molecule has 1 aliphatic heterocycles. The minimum atomic E-state index is -0.533. The Kier molecular flexibility index (Phi) is 6.24. The van der Waals surface area contributed by atoms with E-state index < -0.39 is 10.5 Å². The average Bonchev–Trinajstić information content (AvgIpc) is 2.59. The van der Waals surface area contributed by atoms with Crippen molar-refractivity contribution in [3.05, 3.63) is 45.5 Å². The number of hydrogen-bond acceptors (Lipinski definition) is 7. The summed E-state index contributed by atoms with van der Waals surface area (Å²) in [4.78, 5) is 24.4. The van der Waals surface area contributed by atoms with Gasteiger partial charge in [-0.1, -0.05) is 0 Å². The van der Waals surface area contributed by atoms with E-state index >= 15 is 0 Å². The van der Waals surface area contributed by atoms with Crippen LogP contribution in [0.15, 0.2) is 35.4 Å². The van der Waals surface area contributed by atoms with E-state index in [0.29, 0.717) is 18.7 Å². The molecule has 1 fully saturated rings. The van der Waals surface area contributed by atoms with Gasteiger partial charge in [0, 0.05) is 43.1 Å². The first kappa shape index (κ1) is 20.5. The van der Waals surface area contributed by atoms with Crippen molar-refractivity contribution in [3.63, 3.8) is 0 Å². The number of piperidine rings is 1. The van der Waals surface area contributed by atoms with Gasteiger partial charge in [0.25, 0.3) is 0 Å². The van der Waals surface area contributed by atoms with Crippen LogP contribution in [0.3, 0.4) is 0 Å². The smallest absolute Gasteiger partial charge is 0.410 e. The molecule has 0 unspecified atom stereocenters. The molecule has 2 aliphatic rings. The summed E-state index contributed by atoms with van der Waals surface area (Å²) >= 11 is 0. The summed E-state index contributed by atoms with van der Waals surface area (Å²) in [6.07, 6.45) is 5.40. The van der Waals surface area contributed by atoms with Crippen molar-refractivity contribution >= 4 is 11.8 Å². The number of likely N-dealkylation sites (tertiary alicyclic amines) is 1. The summed E-state index contributed by atoms with van der Waals surface area (Å²) in [5.74, 6) is 0.0628. The van der Waals surface area contributed by atoms with Gasteiger partial charge in [-0.05, 0) is 33.6 Å². The van der Waals surface area contributed by atoms with E-state index in [9.17, 15) is 14.9 Å². The Morgan fingerprint density at radius 2 is 2.00 bits per heavy atom. The fraction of sp³-hybridized carbons (Fsp3) is 0.556. The molecule has 27 heavy (non-hydrogen) atoms. The van der Waals surface area contributed by atoms with E-state index in [1.165, 1.54) is 19.3 Å². The standard InChI is InChI=1S/C18H26N4O5/c1-18(2,3)27-17(23)21-7-5-13(6-8-21)20-11-12-9-15(22(24)25)16(26-4)10-14(12)19/h9-11,13,19-20H,5-8H2,1-4H3/b12-11-,19-14?. The van der Waals surface area contributed by atoms with Crippen molar-refractivity contribution in [2.75, 3.05) is 20.2 Å². The maximum atomic E-state index is 12.1. The third kappa shape index (κ3) is 5.57. The van der Waals surface area contributed by atoms with Crippen molar-refractivity contribution < 1.29 is 19.2 Å². The van der Waals surface area contributed by atoms with Crippen molar-refractivity contribution in [2.45, 2.75) is 45.3 Å². The second-order valence-electron chi connectivity index (χ2n) is 7.42. The lowest BCUT2D eigenvalue weighted by atomic mass is 10.0. The molecule has 0 aromatic heterocycles. The highest BCUT2D eigenvalue weighted by Crippen LogP contribution is 2.22. The van der Waals surface area contributed by atoms with E-state index in [4.69, 9.17) is 14.9 Å². The molecule has 0 spiro atoms. The molecule has 1 saturated heterocycles. The number of amides is 1. The zero-order chi connectivity index (χ0) is 20.2. The third-order valence-corrected chi connectivity index (χ3v) is 4.17. The van der Waals surface area contributed by atoms with Crippen molar-refractivity contribution in [2.24, 2.45) is 0 Å². The van der Waals surface area contributed by atoms with Gasteiger partial charge in [0.15, 0.2) is 5.76 Å². The second kappa shape index (κ2) is 8.24. The average molecular weight is 378 g/mol. The number of ether oxygens (including phenoxy) is 2. The Morgan fingerprint density at radius 1 is 1.37 bits per heavy atom. The van der Waals surface area contributed by atoms with Crippen LogP contribution in [-0.4, -0.2) is 53.5 Å². The summed E-state index contributed by atoms with van der Waals surface area (Å²) in [5, 5.41) is 22.3. The monoisotopic (exact) mass is 378 g/mol. The van der Waals surface area contributed by atoms with Crippen LogP contribution in [-0.2, 0) is 9.47 Å². The highest BCUT2D eigenvalue weighted by atomic mass is 16.6. The first-order valence-electron chi connectivity index (χ1n) is 8.76. The maximum Gasteiger partial charge on any atom is 0.410 e. The van der Waals surface area contributed by atoms with Gasteiger partial charge in [-0.25, -0.2) is 4.79 Å². The van der Waals surface area contributed by atoms with Crippen LogP contribution in [0, 0.1) is 15.5 Å². The molecule has 2 N–H and O–H groups in total. The Hall–Kier alpha value is -2.84. The zero-order valence-electron chi connectivity index (χ0n) is 16.1. The lowest BCUT2D eigenvalue weighted by Crippen LogP contribution is -2.45. The van der Waals surface area contributed by atoms with Crippen LogP contribution in [0.25, 0.3) is 0 Å². The largest absolute Gasteiger partial charge is 0.490 e. The number of nitro groups is 1. The first-order chi connectivity index (χ1) is 12.6. The lowest BCUT2D eigenvalue weighted by Gasteiger charge is -2.33. The van der Waals surface area contributed by atoms with E-state index in [2.05, 4.69) is 5.32 Å². The van der Waals surface area contributed by atoms with Gasteiger partial charge < -0.3 is 25.1 Å². The lowest BCUT2D eigenvalue weighted by molar-refractivity contribution is -0.424. The van der Waals surface area contributed by atoms with E-state index in [-0.39, 0.29) is 29.3 Å². The number of allylic oxidation sites excluding steroid dienone is 3. The number of rotatable bonds is 4. The Bertz CT molecular complexity index is 710. The molecule has 0 aromatic rings. The van der Waals surface area contributed by atoms with Gasteiger partial charge in [-0.2, -0.15) is 0 Å².